The Morgan fingerprint density at radius 1 is 1.42 bits per heavy atom. The van der Waals surface area contributed by atoms with Gasteiger partial charge in [-0.05, 0) is 69.5 Å². The number of hydrogen-bond acceptors (Lipinski definition) is 3. The summed E-state index contributed by atoms with van der Waals surface area (Å²) in [6.45, 7) is 12.1. The van der Waals surface area contributed by atoms with Gasteiger partial charge in [-0.1, -0.05) is 6.92 Å². The van der Waals surface area contributed by atoms with E-state index in [1.54, 1.807) is 11.3 Å². The lowest BCUT2D eigenvalue weighted by Crippen LogP contribution is -2.45. The van der Waals surface area contributed by atoms with Crippen LogP contribution in [0.4, 0.5) is 0 Å². The predicted molar refractivity (Wildman–Crippen MR) is 82.8 cm³/mol. The summed E-state index contributed by atoms with van der Waals surface area (Å²) in [5.74, 6) is 0.558. The highest BCUT2D eigenvalue weighted by molar-refractivity contribution is 7.07. The number of thiophene rings is 1. The molecule has 2 unspecified atom stereocenters. The van der Waals surface area contributed by atoms with Gasteiger partial charge >= 0.3 is 0 Å². The van der Waals surface area contributed by atoms with Gasteiger partial charge in [0.1, 0.15) is 0 Å². The number of likely N-dealkylation sites (N-methyl/N-ethyl adjacent to an activating group) is 1. The first-order chi connectivity index (χ1) is 8.84. The third kappa shape index (κ3) is 3.59. The molecule has 1 aromatic rings. The van der Waals surface area contributed by atoms with Gasteiger partial charge in [-0.2, -0.15) is 11.3 Å². The van der Waals surface area contributed by atoms with Crippen LogP contribution >= 0.6 is 11.3 Å². The van der Waals surface area contributed by atoms with Crippen molar-refractivity contribution in [1.82, 2.24) is 5.32 Å². The van der Waals surface area contributed by atoms with Crippen LogP contribution in [0.2, 0.25) is 0 Å². The van der Waals surface area contributed by atoms with Gasteiger partial charge in [0.05, 0.1) is 11.2 Å². The summed E-state index contributed by atoms with van der Waals surface area (Å²) in [5.41, 5.74) is 1.39. The lowest BCUT2D eigenvalue weighted by atomic mass is 9.79. The SMILES string of the molecule is CCNC(Cc1ccsc1)C1CC(C)(C)OC1(C)C. The van der Waals surface area contributed by atoms with Gasteiger partial charge in [0.25, 0.3) is 0 Å². The maximum absolute atomic E-state index is 6.26. The van der Waals surface area contributed by atoms with Crippen molar-refractivity contribution in [3.8, 4) is 0 Å². The van der Waals surface area contributed by atoms with Crippen LogP contribution in [0.5, 0.6) is 0 Å². The van der Waals surface area contributed by atoms with Crippen LogP contribution in [0.3, 0.4) is 0 Å². The fourth-order valence-corrected chi connectivity index (χ4v) is 4.19. The van der Waals surface area contributed by atoms with Gasteiger partial charge in [-0.3, -0.25) is 0 Å². The van der Waals surface area contributed by atoms with Crippen molar-refractivity contribution >= 4 is 11.3 Å². The highest BCUT2D eigenvalue weighted by Crippen LogP contribution is 2.44. The fourth-order valence-electron chi connectivity index (χ4n) is 3.51. The molecule has 2 heterocycles. The van der Waals surface area contributed by atoms with Crippen LogP contribution in [-0.2, 0) is 11.2 Å². The van der Waals surface area contributed by atoms with E-state index >= 15 is 0 Å². The molecule has 0 aliphatic carbocycles. The van der Waals surface area contributed by atoms with Gasteiger partial charge in [-0.25, -0.2) is 0 Å². The van der Waals surface area contributed by atoms with Crippen molar-refractivity contribution in [2.75, 3.05) is 6.54 Å². The molecule has 2 atom stereocenters. The minimum Gasteiger partial charge on any atom is -0.369 e. The molecule has 0 radical (unpaired) electrons. The van der Waals surface area contributed by atoms with Crippen LogP contribution in [0, 0.1) is 5.92 Å². The van der Waals surface area contributed by atoms with Gasteiger partial charge in [0, 0.05) is 12.0 Å². The van der Waals surface area contributed by atoms with E-state index in [1.807, 2.05) is 0 Å². The maximum atomic E-state index is 6.26. The highest BCUT2D eigenvalue weighted by atomic mass is 32.1. The Morgan fingerprint density at radius 2 is 2.16 bits per heavy atom. The lowest BCUT2D eigenvalue weighted by molar-refractivity contribution is -0.0775. The molecular weight excluding hydrogens is 254 g/mol. The van der Waals surface area contributed by atoms with Crippen molar-refractivity contribution in [3.05, 3.63) is 22.4 Å². The molecule has 1 aliphatic heterocycles. The summed E-state index contributed by atoms with van der Waals surface area (Å²) in [4.78, 5) is 0. The van der Waals surface area contributed by atoms with E-state index < -0.39 is 0 Å². The second-order valence-electron chi connectivity index (χ2n) is 6.78. The molecule has 1 saturated heterocycles. The van der Waals surface area contributed by atoms with Crippen molar-refractivity contribution in [2.45, 2.75) is 64.7 Å². The maximum Gasteiger partial charge on any atom is 0.0677 e. The van der Waals surface area contributed by atoms with Crippen molar-refractivity contribution in [2.24, 2.45) is 5.92 Å². The second-order valence-corrected chi connectivity index (χ2v) is 7.56. The third-order valence-electron chi connectivity index (χ3n) is 4.13. The quantitative estimate of drug-likeness (QED) is 0.885. The van der Waals surface area contributed by atoms with E-state index in [0.717, 1.165) is 19.4 Å². The van der Waals surface area contributed by atoms with Crippen LogP contribution < -0.4 is 5.32 Å². The molecule has 0 bridgehead atoms. The molecule has 1 fully saturated rings. The topological polar surface area (TPSA) is 21.3 Å². The van der Waals surface area contributed by atoms with E-state index in [9.17, 15) is 0 Å². The van der Waals surface area contributed by atoms with Gasteiger partial charge in [0.2, 0.25) is 0 Å². The van der Waals surface area contributed by atoms with Crippen LogP contribution in [0.25, 0.3) is 0 Å². The van der Waals surface area contributed by atoms with Crippen LogP contribution in [0.15, 0.2) is 16.8 Å². The molecule has 3 heteroatoms. The van der Waals surface area contributed by atoms with Crippen molar-refractivity contribution < 1.29 is 4.74 Å². The molecule has 1 N–H and O–H groups in total. The predicted octanol–water partition coefficient (Wildman–Crippen LogP) is 3.86. The minimum absolute atomic E-state index is 0.00349. The number of rotatable bonds is 5. The Kier molecular flexibility index (Phi) is 4.38. The van der Waals surface area contributed by atoms with Gasteiger partial charge in [0.15, 0.2) is 0 Å². The van der Waals surface area contributed by atoms with Gasteiger partial charge in [-0.15, -0.1) is 0 Å². The number of hydrogen-bond donors (Lipinski definition) is 1. The summed E-state index contributed by atoms with van der Waals surface area (Å²) in [7, 11) is 0. The molecule has 2 nitrogen and oxygen atoms in total. The zero-order valence-electron chi connectivity index (χ0n) is 12.8. The van der Waals surface area contributed by atoms with Crippen LogP contribution in [-0.4, -0.2) is 23.8 Å². The Balaban J connectivity index is 2.14. The first kappa shape index (κ1) is 15.0. The first-order valence-electron chi connectivity index (χ1n) is 7.29. The summed E-state index contributed by atoms with van der Waals surface area (Å²) in [6.07, 6.45) is 2.23. The summed E-state index contributed by atoms with van der Waals surface area (Å²) in [5, 5.41) is 8.11. The van der Waals surface area contributed by atoms with E-state index in [4.69, 9.17) is 4.74 Å². The number of ether oxygens (including phenoxy) is 1. The molecule has 0 spiro atoms. The van der Waals surface area contributed by atoms with E-state index in [1.165, 1.54) is 5.56 Å². The molecule has 1 aromatic heterocycles. The largest absolute Gasteiger partial charge is 0.369 e. The summed E-state index contributed by atoms with van der Waals surface area (Å²) >= 11 is 1.78. The average molecular weight is 281 g/mol. The highest BCUT2D eigenvalue weighted by Gasteiger charge is 2.48. The molecule has 19 heavy (non-hydrogen) atoms. The second kappa shape index (κ2) is 5.55. The summed E-state index contributed by atoms with van der Waals surface area (Å²) in [6, 6.07) is 2.74. The smallest absolute Gasteiger partial charge is 0.0677 e. The van der Waals surface area contributed by atoms with E-state index in [0.29, 0.717) is 12.0 Å². The normalized spacial score (nSPS) is 26.5. The monoisotopic (exact) mass is 281 g/mol. The minimum atomic E-state index is -0.0492. The Bertz CT molecular complexity index is 397. The Morgan fingerprint density at radius 3 is 2.63 bits per heavy atom. The molecule has 2 rings (SSSR count). The van der Waals surface area contributed by atoms with Crippen LogP contribution in [0.1, 0.15) is 46.6 Å². The summed E-state index contributed by atoms with van der Waals surface area (Å²) < 4.78 is 6.26. The Labute approximate surface area is 121 Å². The molecule has 0 amide bonds. The molecule has 0 aromatic carbocycles. The van der Waals surface area contributed by atoms with E-state index in [-0.39, 0.29) is 11.2 Å². The first-order valence-corrected chi connectivity index (χ1v) is 8.23. The van der Waals surface area contributed by atoms with Crippen molar-refractivity contribution in [3.63, 3.8) is 0 Å². The van der Waals surface area contributed by atoms with Crippen molar-refractivity contribution in [1.29, 1.82) is 0 Å². The number of nitrogens with one attached hydrogen (secondary N) is 1. The standard InChI is InChI=1S/C16H27NOS/c1-6-17-14(9-12-7-8-19-11-12)13-10-15(2,3)18-16(13,4)5/h7-8,11,13-14,17H,6,9-10H2,1-5H3. The molecular formula is C16H27NOS. The Hall–Kier alpha value is -0.380. The third-order valence-corrected chi connectivity index (χ3v) is 4.86. The van der Waals surface area contributed by atoms with E-state index in [2.05, 4.69) is 56.8 Å². The molecule has 108 valence electrons. The average Bonchev–Trinajstić information content (AvgIpc) is 2.83. The lowest BCUT2D eigenvalue weighted by Gasteiger charge is -2.33. The zero-order valence-corrected chi connectivity index (χ0v) is 13.6. The zero-order chi connectivity index (χ0) is 14.1. The molecule has 1 aliphatic rings. The fraction of sp³-hybridized carbons (Fsp3) is 0.750. The van der Waals surface area contributed by atoms with Gasteiger partial charge < -0.3 is 10.1 Å². The molecule has 0 saturated carbocycles.